The standard InChI is InChI=1S/C19H24N2O4S/c1-12-9-13(2)18(14(3)10-12)26(23,24)21-15(4)11-25-17-8-6-5-7-16(17)19(20)22/h5-10,15,21H,11H2,1-4H3,(H2,20,22). The normalized spacial score (nSPS) is 12.6. The first-order valence-corrected chi connectivity index (χ1v) is 9.72. The Morgan fingerprint density at radius 3 is 2.31 bits per heavy atom. The molecule has 3 N–H and O–H groups in total. The summed E-state index contributed by atoms with van der Waals surface area (Å²) in [7, 11) is -3.69. The summed E-state index contributed by atoms with van der Waals surface area (Å²) >= 11 is 0. The SMILES string of the molecule is Cc1cc(C)c(S(=O)(=O)NC(C)COc2ccccc2C(N)=O)c(C)c1. The van der Waals surface area contributed by atoms with E-state index >= 15 is 0 Å². The van der Waals surface area contributed by atoms with Crippen molar-refractivity contribution in [1.82, 2.24) is 4.72 Å². The van der Waals surface area contributed by atoms with Gasteiger partial charge in [0.15, 0.2) is 0 Å². The first kappa shape index (κ1) is 19.9. The summed E-state index contributed by atoms with van der Waals surface area (Å²) in [6, 6.07) is 9.76. The number of ether oxygens (including phenoxy) is 1. The molecule has 1 atom stereocenters. The number of primary amides is 1. The number of benzene rings is 2. The smallest absolute Gasteiger partial charge is 0.252 e. The maximum absolute atomic E-state index is 12.7. The molecule has 26 heavy (non-hydrogen) atoms. The van der Waals surface area contributed by atoms with Crippen LogP contribution in [-0.4, -0.2) is 27.0 Å². The molecule has 0 radical (unpaired) electrons. The fraction of sp³-hybridized carbons (Fsp3) is 0.316. The Labute approximate surface area is 154 Å². The van der Waals surface area contributed by atoms with E-state index in [0.717, 1.165) is 5.56 Å². The lowest BCUT2D eigenvalue weighted by atomic mass is 10.1. The second kappa shape index (κ2) is 7.88. The topological polar surface area (TPSA) is 98.5 Å². The number of nitrogens with one attached hydrogen (secondary N) is 1. The predicted molar refractivity (Wildman–Crippen MR) is 101 cm³/mol. The highest BCUT2D eigenvalue weighted by Crippen LogP contribution is 2.22. The van der Waals surface area contributed by atoms with Crippen molar-refractivity contribution in [2.24, 2.45) is 5.73 Å². The molecule has 0 aromatic heterocycles. The van der Waals surface area contributed by atoms with Gasteiger partial charge in [0.25, 0.3) is 5.91 Å². The van der Waals surface area contributed by atoms with E-state index in [1.54, 1.807) is 45.0 Å². The second-order valence-corrected chi connectivity index (χ2v) is 8.07. The molecule has 140 valence electrons. The van der Waals surface area contributed by atoms with Crippen molar-refractivity contribution in [1.29, 1.82) is 0 Å². The van der Waals surface area contributed by atoms with Crippen LogP contribution in [0.15, 0.2) is 41.3 Å². The summed E-state index contributed by atoms with van der Waals surface area (Å²) in [5.41, 5.74) is 7.98. The van der Waals surface area contributed by atoms with Gasteiger partial charge in [0.05, 0.1) is 16.5 Å². The lowest BCUT2D eigenvalue weighted by Gasteiger charge is -2.18. The van der Waals surface area contributed by atoms with E-state index in [9.17, 15) is 13.2 Å². The average molecular weight is 376 g/mol. The minimum atomic E-state index is -3.69. The second-order valence-electron chi connectivity index (χ2n) is 6.42. The van der Waals surface area contributed by atoms with E-state index in [4.69, 9.17) is 10.5 Å². The van der Waals surface area contributed by atoms with Crippen LogP contribution in [0.2, 0.25) is 0 Å². The van der Waals surface area contributed by atoms with Gasteiger partial charge in [-0.25, -0.2) is 13.1 Å². The highest BCUT2D eigenvalue weighted by atomic mass is 32.2. The average Bonchev–Trinajstić information content (AvgIpc) is 2.51. The molecule has 7 heteroatoms. The summed E-state index contributed by atoms with van der Waals surface area (Å²) < 4.78 is 33.7. The number of sulfonamides is 1. The third kappa shape index (κ3) is 4.62. The molecule has 0 saturated carbocycles. The molecule has 2 aromatic rings. The first-order valence-electron chi connectivity index (χ1n) is 8.23. The molecule has 0 aliphatic rings. The fourth-order valence-electron chi connectivity index (χ4n) is 2.96. The van der Waals surface area contributed by atoms with Crippen molar-refractivity contribution in [3.05, 3.63) is 58.7 Å². The van der Waals surface area contributed by atoms with Crippen molar-refractivity contribution in [2.45, 2.75) is 38.6 Å². The van der Waals surface area contributed by atoms with E-state index in [1.165, 1.54) is 0 Å². The minimum Gasteiger partial charge on any atom is -0.491 e. The van der Waals surface area contributed by atoms with Gasteiger partial charge in [-0.2, -0.15) is 0 Å². The number of hydrogen-bond donors (Lipinski definition) is 2. The zero-order valence-electron chi connectivity index (χ0n) is 15.4. The third-order valence-electron chi connectivity index (χ3n) is 3.87. The number of rotatable bonds is 7. The molecule has 0 heterocycles. The molecule has 0 aliphatic heterocycles. The Bertz CT molecular complexity index is 900. The quantitative estimate of drug-likeness (QED) is 0.775. The molecule has 0 saturated heterocycles. The molecule has 1 amide bonds. The van der Waals surface area contributed by atoms with Gasteiger partial charge in [0.1, 0.15) is 12.4 Å². The van der Waals surface area contributed by atoms with Crippen LogP contribution in [0.1, 0.15) is 34.0 Å². The van der Waals surface area contributed by atoms with E-state index < -0.39 is 22.0 Å². The molecular weight excluding hydrogens is 352 g/mol. The molecule has 0 spiro atoms. The Morgan fingerprint density at radius 1 is 1.15 bits per heavy atom. The van der Waals surface area contributed by atoms with Gasteiger partial charge >= 0.3 is 0 Å². The van der Waals surface area contributed by atoms with Crippen LogP contribution < -0.4 is 15.2 Å². The molecular formula is C19H24N2O4S. The van der Waals surface area contributed by atoms with Gasteiger partial charge in [-0.1, -0.05) is 29.8 Å². The van der Waals surface area contributed by atoms with Crippen molar-refractivity contribution in [3.63, 3.8) is 0 Å². The lowest BCUT2D eigenvalue weighted by molar-refractivity contribution is 0.0996. The Hall–Kier alpha value is -2.38. The van der Waals surface area contributed by atoms with E-state index in [1.807, 2.05) is 19.1 Å². The number of nitrogens with two attached hydrogens (primary N) is 1. The summed E-state index contributed by atoms with van der Waals surface area (Å²) in [4.78, 5) is 11.7. The van der Waals surface area contributed by atoms with E-state index in [2.05, 4.69) is 4.72 Å². The van der Waals surface area contributed by atoms with Gasteiger partial charge in [0.2, 0.25) is 10.0 Å². The summed E-state index contributed by atoms with van der Waals surface area (Å²) in [6.45, 7) is 7.24. The minimum absolute atomic E-state index is 0.0630. The monoisotopic (exact) mass is 376 g/mol. The molecule has 6 nitrogen and oxygen atoms in total. The molecule has 0 fully saturated rings. The van der Waals surface area contributed by atoms with Crippen LogP contribution in [0.3, 0.4) is 0 Å². The third-order valence-corrected chi connectivity index (χ3v) is 5.77. The van der Waals surface area contributed by atoms with E-state index in [0.29, 0.717) is 16.9 Å². The first-order chi connectivity index (χ1) is 12.1. The summed E-state index contributed by atoms with van der Waals surface area (Å²) in [5, 5.41) is 0. The number of aryl methyl sites for hydroxylation is 3. The summed E-state index contributed by atoms with van der Waals surface area (Å²) in [5.74, 6) is -0.270. The molecule has 0 bridgehead atoms. The molecule has 2 aromatic carbocycles. The zero-order valence-corrected chi connectivity index (χ0v) is 16.2. The van der Waals surface area contributed by atoms with Crippen molar-refractivity contribution >= 4 is 15.9 Å². The van der Waals surface area contributed by atoms with Crippen LogP contribution in [0.4, 0.5) is 0 Å². The number of amides is 1. The number of carbonyl (C=O) groups is 1. The van der Waals surface area contributed by atoms with Gasteiger partial charge in [0, 0.05) is 0 Å². The van der Waals surface area contributed by atoms with Crippen LogP contribution in [0, 0.1) is 20.8 Å². The Kier molecular flexibility index (Phi) is 6.05. The number of hydrogen-bond acceptors (Lipinski definition) is 4. The largest absolute Gasteiger partial charge is 0.491 e. The highest BCUT2D eigenvalue weighted by Gasteiger charge is 2.22. The van der Waals surface area contributed by atoms with Crippen molar-refractivity contribution in [3.8, 4) is 5.75 Å². The van der Waals surface area contributed by atoms with Gasteiger partial charge in [-0.15, -0.1) is 0 Å². The zero-order chi connectivity index (χ0) is 19.5. The fourth-order valence-corrected chi connectivity index (χ4v) is 4.64. The maximum atomic E-state index is 12.7. The number of carbonyl (C=O) groups excluding carboxylic acids is 1. The van der Waals surface area contributed by atoms with Crippen LogP contribution in [-0.2, 0) is 10.0 Å². The Morgan fingerprint density at radius 2 is 1.73 bits per heavy atom. The molecule has 2 rings (SSSR count). The number of para-hydroxylation sites is 1. The molecule has 1 unspecified atom stereocenters. The van der Waals surface area contributed by atoms with Crippen LogP contribution in [0.5, 0.6) is 5.75 Å². The summed E-state index contributed by atoms with van der Waals surface area (Å²) in [6.07, 6.45) is 0. The van der Waals surface area contributed by atoms with Gasteiger partial charge < -0.3 is 10.5 Å². The predicted octanol–water partition coefficient (Wildman–Crippen LogP) is 2.46. The van der Waals surface area contributed by atoms with Crippen molar-refractivity contribution < 1.29 is 17.9 Å². The van der Waals surface area contributed by atoms with Crippen LogP contribution >= 0.6 is 0 Å². The Balaban J connectivity index is 2.13. The highest BCUT2D eigenvalue weighted by molar-refractivity contribution is 7.89. The van der Waals surface area contributed by atoms with Crippen molar-refractivity contribution in [2.75, 3.05) is 6.61 Å². The van der Waals surface area contributed by atoms with Gasteiger partial charge in [-0.3, -0.25) is 4.79 Å². The van der Waals surface area contributed by atoms with E-state index in [-0.39, 0.29) is 17.1 Å². The lowest BCUT2D eigenvalue weighted by Crippen LogP contribution is -2.37. The maximum Gasteiger partial charge on any atom is 0.252 e. The molecule has 0 aliphatic carbocycles. The van der Waals surface area contributed by atoms with Gasteiger partial charge in [-0.05, 0) is 51.0 Å². The van der Waals surface area contributed by atoms with Crippen LogP contribution in [0.25, 0.3) is 0 Å².